The summed E-state index contributed by atoms with van der Waals surface area (Å²) in [6.45, 7) is 6.35. The number of pyridine rings is 1. The number of nitrogens with zero attached hydrogens (tertiary/aromatic N) is 3. The fraction of sp³-hybridized carbons (Fsp3) is 0.478. The van der Waals surface area contributed by atoms with Gasteiger partial charge in [0.05, 0.1) is 32.5 Å². The van der Waals surface area contributed by atoms with Crippen LogP contribution in [0.4, 0.5) is 0 Å². The summed E-state index contributed by atoms with van der Waals surface area (Å²) < 4.78 is 10.7. The van der Waals surface area contributed by atoms with Gasteiger partial charge in [0.25, 0.3) is 0 Å². The summed E-state index contributed by atoms with van der Waals surface area (Å²) in [5.74, 6) is 2.28. The number of nitrogens with one attached hydrogen (secondary N) is 2. The van der Waals surface area contributed by atoms with E-state index in [0.29, 0.717) is 12.4 Å². The first-order valence-electron chi connectivity index (χ1n) is 10.6. The number of guanidine groups is 1. The Bertz CT molecular complexity index is 827. The molecule has 1 saturated heterocycles. The van der Waals surface area contributed by atoms with Gasteiger partial charge in [-0.15, -0.1) is 24.0 Å². The zero-order valence-electron chi connectivity index (χ0n) is 18.6. The number of hydrogen-bond acceptors (Lipinski definition) is 5. The highest BCUT2D eigenvalue weighted by Crippen LogP contribution is 2.27. The number of ether oxygens (including phenoxy) is 2. The van der Waals surface area contributed by atoms with Crippen molar-refractivity contribution < 1.29 is 9.47 Å². The van der Waals surface area contributed by atoms with E-state index < -0.39 is 0 Å². The molecule has 0 amide bonds. The smallest absolute Gasteiger partial charge is 0.213 e. The van der Waals surface area contributed by atoms with Crippen LogP contribution < -0.4 is 20.1 Å². The second-order valence-corrected chi connectivity index (χ2v) is 7.28. The topological polar surface area (TPSA) is 71.0 Å². The van der Waals surface area contributed by atoms with Crippen LogP contribution in [0.15, 0.2) is 47.5 Å². The van der Waals surface area contributed by atoms with Crippen LogP contribution in [0.5, 0.6) is 11.6 Å². The molecule has 1 aromatic heterocycles. The molecule has 3 rings (SSSR count). The lowest BCUT2D eigenvalue weighted by atomic mass is 10.1. The molecule has 0 spiro atoms. The maximum atomic E-state index is 5.45. The van der Waals surface area contributed by atoms with E-state index in [4.69, 9.17) is 14.5 Å². The monoisotopic (exact) mass is 539 g/mol. The van der Waals surface area contributed by atoms with Crippen LogP contribution in [0, 0.1) is 0 Å². The molecule has 1 fully saturated rings. The van der Waals surface area contributed by atoms with Crippen molar-refractivity contribution in [1.29, 1.82) is 0 Å². The molecule has 2 N–H and O–H groups in total. The molecule has 8 heteroatoms. The van der Waals surface area contributed by atoms with Crippen LogP contribution in [0.25, 0.3) is 0 Å². The Morgan fingerprint density at radius 1 is 1.10 bits per heavy atom. The molecule has 0 bridgehead atoms. The van der Waals surface area contributed by atoms with Crippen molar-refractivity contribution in [3.05, 3.63) is 53.7 Å². The van der Waals surface area contributed by atoms with Crippen molar-refractivity contribution >= 4 is 29.9 Å². The van der Waals surface area contributed by atoms with E-state index in [1.165, 1.54) is 18.4 Å². The fourth-order valence-electron chi connectivity index (χ4n) is 3.71. The van der Waals surface area contributed by atoms with E-state index in [0.717, 1.165) is 43.6 Å². The van der Waals surface area contributed by atoms with Crippen LogP contribution in [-0.4, -0.2) is 56.2 Å². The highest BCUT2D eigenvalue weighted by molar-refractivity contribution is 14.0. The summed E-state index contributed by atoms with van der Waals surface area (Å²) >= 11 is 0. The molecule has 2 heterocycles. The number of likely N-dealkylation sites (tertiary alicyclic amines) is 1. The van der Waals surface area contributed by atoms with E-state index in [1.807, 2.05) is 24.3 Å². The Hall–Kier alpha value is -2.07. The van der Waals surface area contributed by atoms with Gasteiger partial charge in [-0.1, -0.05) is 18.2 Å². The standard InChI is InChI=1S/C23H33N5O2.HI/c1-4-24-23(25-16-19-10-8-12-22(27-19)30-3)26-17-21(28-13-5-6-14-28)18-9-7-11-20(15-18)29-2;/h7-12,15,21H,4-6,13-14,16-17H2,1-3H3,(H2,24,25,26);1H. The number of methoxy groups -OCH3 is 2. The minimum absolute atomic E-state index is 0. The van der Waals surface area contributed by atoms with E-state index in [-0.39, 0.29) is 30.0 Å². The molecule has 1 aliphatic rings. The van der Waals surface area contributed by atoms with E-state index in [9.17, 15) is 0 Å². The molecule has 1 aliphatic heterocycles. The normalized spacial score (nSPS) is 15.1. The van der Waals surface area contributed by atoms with Gasteiger partial charge in [-0.2, -0.15) is 0 Å². The summed E-state index contributed by atoms with van der Waals surface area (Å²) in [5.41, 5.74) is 2.13. The lowest BCUT2D eigenvalue weighted by molar-refractivity contribution is 0.245. The summed E-state index contributed by atoms with van der Waals surface area (Å²) in [6.07, 6.45) is 2.49. The molecule has 1 unspecified atom stereocenters. The molecule has 31 heavy (non-hydrogen) atoms. The zero-order chi connectivity index (χ0) is 21.2. The number of benzene rings is 1. The van der Waals surface area contributed by atoms with Gasteiger partial charge in [0.1, 0.15) is 5.75 Å². The average Bonchev–Trinajstić information content (AvgIpc) is 3.32. The molecule has 170 valence electrons. The second kappa shape index (κ2) is 13.4. The maximum absolute atomic E-state index is 5.45. The van der Waals surface area contributed by atoms with Gasteiger partial charge < -0.3 is 20.1 Å². The second-order valence-electron chi connectivity index (χ2n) is 7.28. The Labute approximate surface area is 202 Å². The van der Waals surface area contributed by atoms with Crippen molar-refractivity contribution in [3.8, 4) is 11.6 Å². The van der Waals surface area contributed by atoms with Gasteiger partial charge in [-0.25, -0.2) is 9.98 Å². The quantitative estimate of drug-likeness (QED) is 0.288. The zero-order valence-corrected chi connectivity index (χ0v) is 21.0. The van der Waals surface area contributed by atoms with Gasteiger partial charge >= 0.3 is 0 Å². The summed E-state index contributed by atoms with van der Waals surface area (Å²) in [7, 11) is 3.34. The van der Waals surface area contributed by atoms with Crippen LogP contribution >= 0.6 is 24.0 Å². The molecule has 0 aliphatic carbocycles. The number of aromatic nitrogens is 1. The summed E-state index contributed by atoms with van der Waals surface area (Å²) in [5, 5.41) is 6.87. The molecule has 1 atom stereocenters. The highest BCUT2D eigenvalue weighted by atomic mass is 127. The maximum Gasteiger partial charge on any atom is 0.213 e. The summed E-state index contributed by atoms with van der Waals surface area (Å²) in [4.78, 5) is 11.7. The van der Waals surface area contributed by atoms with Gasteiger partial charge in [0.15, 0.2) is 5.96 Å². The van der Waals surface area contributed by atoms with Crippen LogP contribution in [-0.2, 0) is 6.54 Å². The summed E-state index contributed by atoms with van der Waals surface area (Å²) in [6, 6.07) is 14.4. The SMILES string of the molecule is CCNC(=NCc1cccc(OC)n1)NCC(c1cccc(OC)c1)N1CCCC1.I. The third-order valence-corrected chi connectivity index (χ3v) is 5.26. The molecule has 2 aromatic rings. The predicted octanol–water partition coefficient (Wildman–Crippen LogP) is 3.61. The third-order valence-electron chi connectivity index (χ3n) is 5.26. The lowest BCUT2D eigenvalue weighted by Gasteiger charge is -2.29. The molecule has 7 nitrogen and oxygen atoms in total. The van der Waals surface area contributed by atoms with Crippen molar-refractivity contribution in [2.75, 3.05) is 40.4 Å². The van der Waals surface area contributed by atoms with E-state index in [1.54, 1.807) is 14.2 Å². The first-order valence-corrected chi connectivity index (χ1v) is 10.6. The minimum atomic E-state index is 0. The number of aliphatic imine (C=N–C) groups is 1. The lowest BCUT2D eigenvalue weighted by Crippen LogP contribution is -2.42. The van der Waals surface area contributed by atoms with Crippen LogP contribution in [0.3, 0.4) is 0 Å². The Balaban J connectivity index is 0.00000341. The van der Waals surface area contributed by atoms with Crippen molar-refractivity contribution in [1.82, 2.24) is 20.5 Å². The number of halogens is 1. The van der Waals surface area contributed by atoms with Gasteiger partial charge in [0.2, 0.25) is 5.88 Å². The number of rotatable bonds is 9. The Morgan fingerprint density at radius 3 is 2.58 bits per heavy atom. The molecular weight excluding hydrogens is 505 g/mol. The molecule has 0 saturated carbocycles. The molecule has 0 radical (unpaired) electrons. The van der Waals surface area contributed by atoms with Crippen LogP contribution in [0.2, 0.25) is 0 Å². The predicted molar refractivity (Wildman–Crippen MR) is 136 cm³/mol. The molecular formula is C23H34IN5O2. The highest BCUT2D eigenvalue weighted by Gasteiger charge is 2.24. The van der Waals surface area contributed by atoms with E-state index >= 15 is 0 Å². The van der Waals surface area contributed by atoms with Gasteiger partial charge in [-0.3, -0.25) is 4.90 Å². The van der Waals surface area contributed by atoms with Crippen LogP contribution in [0.1, 0.15) is 37.1 Å². The first kappa shape index (κ1) is 25.2. The van der Waals surface area contributed by atoms with Gasteiger partial charge in [0, 0.05) is 19.2 Å². The van der Waals surface area contributed by atoms with Crippen molar-refractivity contribution in [2.45, 2.75) is 32.4 Å². The van der Waals surface area contributed by atoms with E-state index in [2.05, 4.69) is 45.6 Å². The largest absolute Gasteiger partial charge is 0.497 e. The first-order chi connectivity index (χ1) is 14.7. The Kier molecular flexibility index (Phi) is 10.9. The number of hydrogen-bond donors (Lipinski definition) is 2. The minimum Gasteiger partial charge on any atom is -0.497 e. The molecule has 1 aromatic carbocycles. The van der Waals surface area contributed by atoms with Crippen molar-refractivity contribution in [2.24, 2.45) is 4.99 Å². The van der Waals surface area contributed by atoms with Gasteiger partial charge in [-0.05, 0) is 56.6 Å². The fourth-order valence-corrected chi connectivity index (χ4v) is 3.71. The third kappa shape index (κ3) is 7.53. The van der Waals surface area contributed by atoms with Crippen molar-refractivity contribution in [3.63, 3.8) is 0 Å². The average molecular weight is 539 g/mol. The Morgan fingerprint density at radius 2 is 1.87 bits per heavy atom.